The van der Waals surface area contributed by atoms with Crippen LogP contribution in [0, 0.1) is 0 Å². The second-order valence-electron chi connectivity index (χ2n) is 4.98. The normalized spacial score (nSPS) is 10.5. The maximum atomic E-state index is 12.1. The van der Waals surface area contributed by atoms with Crippen molar-refractivity contribution in [1.29, 1.82) is 0 Å². The molecule has 0 unspecified atom stereocenters. The van der Waals surface area contributed by atoms with E-state index < -0.39 is 5.97 Å². The van der Waals surface area contributed by atoms with Gasteiger partial charge in [0.25, 0.3) is 0 Å². The summed E-state index contributed by atoms with van der Waals surface area (Å²) in [5, 5.41) is 2.67. The monoisotopic (exact) mass is 341 g/mol. The molecule has 0 aromatic heterocycles. The first kappa shape index (κ1) is 18.2. The summed E-state index contributed by atoms with van der Waals surface area (Å²) in [7, 11) is 2.84. The highest BCUT2D eigenvalue weighted by Crippen LogP contribution is 2.17. The van der Waals surface area contributed by atoms with E-state index >= 15 is 0 Å². The van der Waals surface area contributed by atoms with Crippen molar-refractivity contribution in [2.45, 2.75) is 0 Å². The van der Waals surface area contributed by atoms with Crippen molar-refractivity contribution in [2.24, 2.45) is 0 Å². The number of nitrogens with one attached hydrogen (secondary N) is 1. The van der Waals surface area contributed by atoms with Crippen LogP contribution >= 0.6 is 0 Å². The minimum Gasteiger partial charge on any atom is -0.468 e. The van der Waals surface area contributed by atoms with Crippen molar-refractivity contribution in [3.05, 3.63) is 65.7 Å². The van der Waals surface area contributed by atoms with Crippen LogP contribution in [0.1, 0.15) is 15.9 Å². The number of amides is 1. The third-order valence-corrected chi connectivity index (χ3v) is 3.24. The Morgan fingerprint density at radius 3 is 2.44 bits per heavy atom. The molecule has 0 aliphatic carbocycles. The van der Waals surface area contributed by atoms with E-state index in [1.165, 1.54) is 13.2 Å². The van der Waals surface area contributed by atoms with E-state index in [1.807, 2.05) is 12.1 Å². The highest BCUT2D eigenvalue weighted by atomic mass is 16.7. The number of benzene rings is 2. The van der Waals surface area contributed by atoms with Crippen LogP contribution in [-0.4, -0.2) is 32.9 Å². The van der Waals surface area contributed by atoms with Gasteiger partial charge in [0.1, 0.15) is 5.75 Å². The summed E-state index contributed by atoms with van der Waals surface area (Å²) < 4.78 is 14.8. The lowest BCUT2D eigenvalue weighted by atomic mass is 10.1. The van der Waals surface area contributed by atoms with Gasteiger partial charge in [-0.15, -0.1) is 0 Å². The zero-order valence-electron chi connectivity index (χ0n) is 14.0. The van der Waals surface area contributed by atoms with Crippen molar-refractivity contribution in [1.82, 2.24) is 0 Å². The summed E-state index contributed by atoms with van der Waals surface area (Å²) in [6.07, 6.45) is 3.05. The van der Waals surface area contributed by atoms with Gasteiger partial charge >= 0.3 is 5.97 Å². The summed E-state index contributed by atoms with van der Waals surface area (Å²) in [6.45, 7) is 0.178. The Hall–Kier alpha value is -3.12. The Labute approximate surface area is 146 Å². The Kier molecular flexibility index (Phi) is 6.74. The van der Waals surface area contributed by atoms with Gasteiger partial charge in [-0.25, -0.2) is 4.79 Å². The number of ether oxygens (including phenoxy) is 3. The van der Waals surface area contributed by atoms with Crippen LogP contribution in [0.15, 0.2) is 54.6 Å². The first-order chi connectivity index (χ1) is 12.1. The van der Waals surface area contributed by atoms with Crippen molar-refractivity contribution in [3.63, 3.8) is 0 Å². The number of rotatable bonds is 7. The second-order valence-corrected chi connectivity index (χ2v) is 4.98. The summed E-state index contributed by atoms with van der Waals surface area (Å²) in [5.74, 6) is -0.182. The van der Waals surface area contributed by atoms with Crippen LogP contribution in [0.5, 0.6) is 5.75 Å². The zero-order valence-corrected chi connectivity index (χ0v) is 14.0. The fraction of sp³-hybridized carbons (Fsp3) is 0.158. The number of methoxy groups -OCH3 is 2. The van der Waals surface area contributed by atoms with Crippen LogP contribution in [0.4, 0.5) is 5.69 Å². The van der Waals surface area contributed by atoms with E-state index in [-0.39, 0.29) is 12.7 Å². The summed E-state index contributed by atoms with van der Waals surface area (Å²) in [6, 6.07) is 13.8. The summed E-state index contributed by atoms with van der Waals surface area (Å²) in [5.41, 5.74) is 1.53. The van der Waals surface area contributed by atoms with Crippen LogP contribution in [0.3, 0.4) is 0 Å². The van der Waals surface area contributed by atoms with Gasteiger partial charge in [0, 0.05) is 13.2 Å². The predicted molar refractivity (Wildman–Crippen MR) is 94.4 cm³/mol. The van der Waals surface area contributed by atoms with Gasteiger partial charge in [0.2, 0.25) is 5.91 Å². The molecule has 0 spiro atoms. The molecule has 1 N–H and O–H groups in total. The molecule has 0 radical (unpaired) electrons. The largest absolute Gasteiger partial charge is 0.468 e. The van der Waals surface area contributed by atoms with Crippen molar-refractivity contribution in [2.75, 3.05) is 26.3 Å². The van der Waals surface area contributed by atoms with Crippen molar-refractivity contribution >= 4 is 23.6 Å². The van der Waals surface area contributed by atoms with E-state index in [0.717, 1.165) is 5.56 Å². The molecule has 2 rings (SSSR count). The minimum atomic E-state index is -0.508. The molecule has 0 aliphatic rings. The predicted octanol–water partition coefficient (Wildman–Crippen LogP) is 3.11. The molecular weight excluding hydrogens is 322 g/mol. The number of para-hydroxylation sites is 1. The molecule has 0 saturated carbocycles. The standard InChI is InChI=1S/C19H19NO5/c1-23-13-25-15-10-7-14(8-11-15)9-12-18(21)20-17-6-4-3-5-16(17)19(22)24-2/h3-12H,13H2,1-2H3,(H,20,21)/b12-9+. The van der Waals surface area contributed by atoms with E-state index in [0.29, 0.717) is 17.0 Å². The third-order valence-electron chi connectivity index (χ3n) is 3.24. The maximum absolute atomic E-state index is 12.1. The number of carbonyl (C=O) groups excluding carboxylic acids is 2. The molecule has 0 fully saturated rings. The number of hydrogen-bond donors (Lipinski definition) is 1. The average molecular weight is 341 g/mol. The van der Waals surface area contributed by atoms with Gasteiger partial charge in [-0.05, 0) is 35.9 Å². The molecule has 0 aliphatic heterocycles. The number of esters is 1. The molecule has 2 aromatic rings. The molecule has 2 aromatic carbocycles. The molecule has 0 heterocycles. The van der Waals surface area contributed by atoms with Gasteiger partial charge in [-0.1, -0.05) is 24.3 Å². The smallest absolute Gasteiger partial charge is 0.339 e. The van der Waals surface area contributed by atoms with Gasteiger partial charge in [0.05, 0.1) is 18.4 Å². The topological polar surface area (TPSA) is 73.9 Å². The molecule has 0 atom stereocenters. The average Bonchev–Trinajstić information content (AvgIpc) is 2.65. The zero-order chi connectivity index (χ0) is 18.1. The van der Waals surface area contributed by atoms with Crippen LogP contribution in [0.2, 0.25) is 0 Å². The molecule has 130 valence electrons. The lowest BCUT2D eigenvalue weighted by Gasteiger charge is -2.07. The molecule has 0 saturated heterocycles. The Bertz CT molecular complexity index is 753. The first-order valence-electron chi connectivity index (χ1n) is 7.52. The maximum Gasteiger partial charge on any atom is 0.339 e. The van der Waals surface area contributed by atoms with Gasteiger partial charge in [0.15, 0.2) is 6.79 Å². The highest BCUT2D eigenvalue weighted by molar-refractivity contribution is 6.06. The molecule has 25 heavy (non-hydrogen) atoms. The summed E-state index contributed by atoms with van der Waals surface area (Å²) >= 11 is 0. The second kappa shape index (κ2) is 9.24. The fourth-order valence-electron chi connectivity index (χ4n) is 2.03. The molecule has 0 bridgehead atoms. The lowest BCUT2D eigenvalue weighted by Crippen LogP contribution is -2.12. The van der Waals surface area contributed by atoms with E-state index in [9.17, 15) is 9.59 Å². The Morgan fingerprint density at radius 2 is 1.76 bits per heavy atom. The molecular formula is C19H19NO5. The van der Waals surface area contributed by atoms with E-state index in [1.54, 1.807) is 49.6 Å². The van der Waals surface area contributed by atoms with Crippen LogP contribution in [0.25, 0.3) is 6.08 Å². The van der Waals surface area contributed by atoms with Gasteiger partial charge < -0.3 is 19.5 Å². The molecule has 1 amide bonds. The van der Waals surface area contributed by atoms with Crippen molar-refractivity contribution in [3.8, 4) is 5.75 Å². The van der Waals surface area contributed by atoms with Crippen LogP contribution in [-0.2, 0) is 14.3 Å². The first-order valence-corrected chi connectivity index (χ1v) is 7.52. The summed E-state index contributed by atoms with van der Waals surface area (Å²) in [4.78, 5) is 23.8. The number of carbonyl (C=O) groups is 2. The molecule has 6 heteroatoms. The van der Waals surface area contributed by atoms with E-state index in [4.69, 9.17) is 14.2 Å². The quantitative estimate of drug-likeness (QED) is 0.476. The fourth-order valence-corrected chi connectivity index (χ4v) is 2.03. The SMILES string of the molecule is COCOc1ccc(/C=C/C(=O)Nc2ccccc2C(=O)OC)cc1. The molecule has 6 nitrogen and oxygen atoms in total. The lowest BCUT2D eigenvalue weighted by molar-refractivity contribution is -0.111. The van der Waals surface area contributed by atoms with Crippen molar-refractivity contribution < 1.29 is 23.8 Å². The third kappa shape index (κ3) is 5.47. The minimum absolute atomic E-state index is 0.178. The number of hydrogen-bond acceptors (Lipinski definition) is 5. The van der Waals surface area contributed by atoms with Gasteiger partial charge in [-0.2, -0.15) is 0 Å². The van der Waals surface area contributed by atoms with E-state index in [2.05, 4.69) is 5.32 Å². The van der Waals surface area contributed by atoms with Crippen LogP contribution < -0.4 is 10.1 Å². The van der Waals surface area contributed by atoms with Gasteiger partial charge in [-0.3, -0.25) is 4.79 Å². The highest BCUT2D eigenvalue weighted by Gasteiger charge is 2.11. The number of anilines is 1. The Morgan fingerprint density at radius 1 is 1.04 bits per heavy atom. The Balaban J connectivity index is 2.00.